The molecule has 2 heterocycles. The predicted octanol–water partition coefficient (Wildman–Crippen LogP) is 4.19. The van der Waals surface area contributed by atoms with Gasteiger partial charge in [0.15, 0.2) is 11.5 Å². The predicted molar refractivity (Wildman–Crippen MR) is 106 cm³/mol. The van der Waals surface area contributed by atoms with Crippen LogP contribution in [0.15, 0.2) is 41.0 Å². The molecule has 7 heteroatoms. The molecule has 0 saturated carbocycles. The highest BCUT2D eigenvalue weighted by Gasteiger charge is 2.32. The van der Waals surface area contributed by atoms with Crippen LogP contribution in [0.2, 0.25) is 0 Å². The Kier molecular flexibility index (Phi) is 6.80. The summed E-state index contributed by atoms with van der Waals surface area (Å²) in [5, 5.41) is 0.0248. The molecule has 1 atom stereocenters. The molecular weight excluding hydrogens is 370 g/mol. The molecule has 0 spiro atoms. The molecule has 0 N–H and O–H groups in total. The normalized spacial score (nSPS) is 16.9. The lowest BCUT2D eigenvalue weighted by atomic mass is 10.2. The van der Waals surface area contributed by atoms with Gasteiger partial charge in [0.1, 0.15) is 11.1 Å². The Bertz CT molecular complexity index is 720. The fraction of sp³-hybridized carbons (Fsp3) is 0.421. The lowest BCUT2D eigenvalue weighted by molar-refractivity contribution is -0.127. The summed E-state index contributed by atoms with van der Waals surface area (Å²) in [5.74, 6) is 4.80. The number of amides is 1. The number of rotatable bonds is 9. The van der Waals surface area contributed by atoms with Gasteiger partial charge in [-0.05, 0) is 36.8 Å². The van der Waals surface area contributed by atoms with Crippen molar-refractivity contribution in [3.8, 4) is 11.5 Å². The van der Waals surface area contributed by atoms with Crippen molar-refractivity contribution in [2.75, 3.05) is 31.8 Å². The van der Waals surface area contributed by atoms with E-state index in [9.17, 15) is 4.79 Å². The number of hydrogen-bond acceptors (Lipinski definition) is 6. The average Bonchev–Trinajstić information content (AvgIpc) is 3.29. The molecule has 140 valence electrons. The number of carbonyl (C=O) groups excluding carboxylic acids is 1. The van der Waals surface area contributed by atoms with Gasteiger partial charge >= 0.3 is 0 Å². The van der Waals surface area contributed by atoms with Crippen molar-refractivity contribution in [2.45, 2.75) is 18.1 Å². The van der Waals surface area contributed by atoms with Crippen LogP contribution in [-0.2, 0) is 10.5 Å². The number of furan rings is 1. The summed E-state index contributed by atoms with van der Waals surface area (Å²) in [6, 6.07) is 9.78. The van der Waals surface area contributed by atoms with Crippen LogP contribution in [0.1, 0.15) is 23.6 Å². The van der Waals surface area contributed by atoms with Gasteiger partial charge in [-0.25, -0.2) is 0 Å². The number of ether oxygens (including phenoxy) is 2. The van der Waals surface area contributed by atoms with E-state index in [1.54, 1.807) is 36.9 Å². The molecule has 1 aromatic carbocycles. The quantitative estimate of drug-likeness (QED) is 0.595. The van der Waals surface area contributed by atoms with E-state index in [-0.39, 0.29) is 11.3 Å². The second-order valence-electron chi connectivity index (χ2n) is 5.73. The van der Waals surface area contributed by atoms with Gasteiger partial charge in [-0.3, -0.25) is 4.79 Å². The monoisotopic (exact) mass is 393 g/mol. The fourth-order valence-electron chi connectivity index (χ4n) is 2.82. The van der Waals surface area contributed by atoms with Crippen LogP contribution in [-0.4, -0.2) is 42.6 Å². The SMILES string of the molecule is CCOc1cc(C2SCC(=O)N2CCSCc2ccco2)ccc1OC. The molecule has 0 aliphatic carbocycles. The summed E-state index contributed by atoms with van der Waals surface area (Å²) in [6.45, 7) is 3.24. The molecule has 1 amide bonds. The molecule has 0 bridgehead atoms. The van der Waals surface area contributed by atoms with Gasteiger partial charge in [-0.2, -0.15) is 11.8 Å². The highest BCUT2D eigenvalue weighted by molar-refractivity contribution is 8.00. The minimum Gasteiger partial charge on any atom is -0.493 e. The van der Waals surface area contributed by atoms with Crippen molar-refractivity contribution in [3.63, 3.8) is 0 Å². The van der Waals surface area contributed by atoms with Crippen LogP contribution in [0.25, 0.3) is 0 Å². The fourth-order valence-corrected chi connectivity index (χ4v) is 4.86. The molecule has 1 aliphatic heterocycles. The molecule has 3 rings (SSSR count). The first-order valence-electron chi connectivity index (χ1n) is 8.55. The van der Waals surface area contributed by atoms with Gasteiger partial charge < -0.3 is 18.8 Å². The van der Waals surface area contributed by atoms with Crippen LogP contribution in [0.3, 0.4) is 0 Å². The van der Waals surface area contributed by atoms with Crippen LogP contribution in [0.5, 0.6) is 11.5 Å². The topological polar surface area (TPSA) is 51.9 Å². The smallest absolute Gasteiger partial charge is 0.233 e. The van der Waals surface area contributed by atoms with Gasteiger partial charge in [0.05, 0.1) is 31.5 Å². The highest BCUT2D eigenvalue weighted by atomic mass is 32.2. The van der Waals surface area contributed by atoms with Gasteiger partial charge in [0, 0.05) is 12.3 Å². The van der Waals surface area contributed by atoms with E-state index >= 15 is 0 Å². The Morgan fingerprint density at radius 2 is 2.23 bits per heavy atom. The van der Waals surface area contributed by atoms with E-state index < -0.39 is 0 Å². The molecule has 2 aromatic rings. The maximum Gasteiger partial charge on any atom is 0.233 e. The van der Waals surface area contributed by atoms with Crippen LogP contribution < -0.4 is 9.47 Å². The molecule has 0 radical (unpaired) electrons. The lowest BCUT2D eigenvalue weighted by Gasteiger charge is -2.24. The maximum absolute atomic E-state index is 12.3. The molecule has 5 nitrogen and oxygen atoms in total. The van der Waals surface area contributed by atoms with Crippen molar-refractivity contribution in [2.24, 2.45) is 0 Å². The zero-order valence-corrected chi connectivity index (χ0v) is 16.6. The molecule has 1 unspecified atom stereocenters. The number of hydrogen-bond donors (Lipinski definition) is 0. The highest BCUT2D eigenvalue weighted by Crippen LogP contribution is 2.41. The summed E-state index contributed by atoms with van der Waals surface area (Å²) < 4.78 is 16.4. The van der Waals surface area contributed by atoms with E-state index in [1.807, 2.05) is 42.2 Å². The third kappa shape index (κ3) is 4.51. The Labute approximate surface area is 162 Å². The average molecular weight is 394 g/mol. The number of carbonyl (C=O) groups is 1. The van der Waals surface area contributed by atoms with Crippen molar-refractivity contribution in [1.82, 2.24) is 4.90 Å². The van der Waals surface area contributed by atoms with E-state index in [4.69, 9.17) is 13.9 Å². The van der Waals surface area contributed by atoms with Crippen LogP contribution in [0, 0.1) is 0 Å². The van der Waals surface area contributed by atoms with Crippen molar-refractivity contribution in [1.29, 1.82) is 0 Å². The number of benzene rings is 1. The minimum atomic E-state index is 0.0248. The largest absolute Gasteiger partial charge is 0.493 e. The molecule has 26 heavy (non-hydrogen) atoms. The summed E-state index contributed by atoms with van der Waals surface area (Å²) in [7, 11) is 1.63. The Balaban J connectivity index is 1.64. The number of thioether (sulfide) groups is 2. The summed E-state index contributed by atoms with van der Waals surface area (Å²) >= 11 is 3.43. The summed E-state index contributed by atoms with van der Waals surface area (Å²) in [4.78, 5) is 14.3. The van der Waals surface area contributed by atoms with E-state index in [0.717, 1.165) is 35.1 Å². The Morgan fingerprint density at radius 3 is 2.96 bits per heavy atom. The molecule has 1 fully saturated rings. The first-order valence-corrected chi connectivity index (χ1v) is 10.7. The van der Waals surface area contributed by atoms with Crippen LogP contribution >= 0.6 is 23.5 Å². The maximum atomic E-state index is 12.3. The zero-order valence-electron chi connectivity index (χ0n) is 15.0. The standard InChI is InChI=1S/C19H23NO4S2/c1-3-23-17-11-14(6-7-16(17)22-2)19-20(18(21)13-26-19)8-10-25-12-15-5-4-9-24-15/h4-7,9,11,19H,3,8,10,12-13H2,1-2H3. The van der Waals surface area contributed by atoms with E-state index in [2.05, 4.69) is 0 Å². The Morgan fingerprint density at radius 1 is 1.35 bits per heavy atom. The third-order valence-electron chi connectivity index (χ3n) is 4.04. The van der Waals surface area contributed by atoms with Crippen LogP contribution in [0.4, 0.5) is 0 Å². The number of methoxy groups -OCH3 is 1. The van der Waals surface area contributed by atoms with Crippen molar-refractivity contribution in [3.05, 3.63) is 47.9 Å². The Hall–Kier alpha value is -1.73. The summed E-state index contributed by atoms with van der Waals surface area (Å²) in [6.07, 6.45) is 1.69. The summed E-state index contributed by atoms with van der Waals surface area (Å²) in [5.41, 5.74) is 1.07. The first kappa shape index (κ1) is 19.0. The number of nitrogens with zero attached hydrogens (tertiary/aromatic N) is 1. The van der Waals surface area contributed by atoms with Gasteiger partial charge in [0.2, 0.25) is 5.91 Å². The molecule has 1 saturated heterocycles. The van der Waals surface area contributed by atoms with Gasteiger partial charge in [0.25, 0.3) is 0 Å². The molecule has 1 aromatic heterocycles. The second kappa shape index (κ2) is 9.28. The second-order valence-corrected chi connectivity index (χ2v) is 7.90. The third-order valence-corrected chi connectivity index (χ3v) is 6.26. The minimum absolute atomic E-state index is 0.0248. The van der Waals surface area contributed by atoms with Gasteiger partial charge in [-0.1, -0.05) is 6.07 Å². The first-order chi connectivity index (χ1) is 12.7. The molecule has 1 aliphatic rings. The lowest BCUT2D eigenvalue weighted by Crippen LogP contribution is -2.30. The van der Waals surface area contributed by atoms with Crippen molar-refractivity contribution >= 4 is 29.4 Å². The van der Waals surface area contributed by atoms with E-state index in [1.165, 1.54) is 0 Å². The van der Waals surface area contributed by atoms with Gasteiger partial charge in [-0.15, -0.1) is 11.8 Å². The zero-order chi connectivity index (χ0) is 18.4. The van der Waals surface area contributed by atoms with Crippen molar-refractivity contribution < 1.29 is 18.7 Å². The molecular formula is C19H23NO4S2. The van der Waals surface area contributed by atoms with E-state index in [0.29, 0.717) is 18.1 Å².